The highest BCUT2D eigenvalue weighted by molar-refractivity contribution is 5.98. The van der Waals surface area contributed by atoms with Crippen LogP contribution in [0.5, 0.6) is 5.88 Å². The van der Waals surface area contributed by atoms with E-state index >= 15 is 0 Å². The number of imide groups is 1. The molecule has 0 saturated carbocycles. The summed E-state index contributed by atoms with van der Waals surface area (Å²) in [6.07, 6.45) is 2.31. The van der Waals surface area contributed by atoms with Crippen molar-refractivity contribution in [3.63, 3.8) is 0 Å². The van der Waals surface area contributed by atoms with Gasteiger partial charge in [0.05, 0.1) is 0 Å². The first-order valence-electron chi connectivity index (χ1n) is 9.54. The molecule has 1 aromatic heterocycles. The molecule has 3 amide bonds. The first kappa shape index (κ1) is 20.5. The normalized spacial score (nSPS) is 15.9. The third kappa shape index (κ3) is 5.19. The van der Waals surface area contributed by atoms with Gasteiger partial charge in [0, 0.05) is 44.4 Å². The number of para-hydroxylation sites is 1. The van der Waals surface area contributed by atoms with Crippen LogP contribution in [0.25, 0.3) is 0 Å². The predicted molar refractivity (Wildman–Crippen MR) is 109 cm³/mol. The Kier molecular flexibility index (Phi) is 5.96. The molecule has 1 saturated heterocycles. The Morgan fingerprint density at radius 2 is 1.76 bits per heavy atom. The largest absolute Gasteiger partial charge is 0.420 e. The number of likely N-dealkylation sites (tertiary alicyclic amines) is 1. The maximum absolute atomic E-state index is 12.2. The highest BCUT2D eigenvalue weighted by atomic mass is 16.6. The molecule has 0 N–H and O–H groups in total. The van der Waals surface area contributed by atoms with Crippen LogP contribution in [-0.4, -0.2) is 41.4 Å². The molecule has 0 radical (unpaired) electrons. The van der Waals surface area contributed by atoms with Gasteiger partial charge in [-0.2, -0.15) is 0 Å². The van der Waals surface area contributed by atoms with E-state index in [0.717, 1.165) is 5.56 Å². The van der Waals surface area contributed by atoms with Crippen LogP contribution >= 0.6 is 0 Å². The van der Waals surface area contributed by atoms with Gasteiger partial charge in [-0.25, -0.2) is 9.78 Å². The number of carbonyl (C=O) groups is 3. The van der Waals surface area contributed by atoms with Crippen LogP contribution in [-0.2, 0) is 16.0 Å². The van der Waals surface area contributed by atoms with Crippen molar-refractivity contribution in [2.45, 2.75) is 33.1 Å². The Labute approximate surface area is 170 Å². The van der Waals surface area contributed by atoms with E-state index in [-0.39, 0.29) is 23.1 Å². The Morgan fingerprint density at radius 3 is 2.34 bits per heavy atom. The van der Waals surface area contributed by atoms with Crippen LogP contribution in [0.15, 0.2) is 48.7 Å². The van der Waals surface area contributed by atoms with Crippen molar-refractivity contribution < 1.29 is 19.1 Å². The van der Waals surface area contributed by atoms with Crippen molar-refractivity contribution in [2.24, 2.45) is 5.41 Å². The monoisotopic (exact) mass is 395 g/mol. The van der Waals surface area contributed by atoms with Gasteiger partial charge in [0.25, 0.3) is 0 Å². The van der Waals surface area contributed by atoms with E-state index in [0.29, 0.717) is 31.5 Å². The Balaban J connectivity index is 1.54. The molecule has 3 rings (SSSR count). The number of benzene rings is 1. The smallest absolute Gasteiger partial charge is 0.391 e. The quantitative estimate of drug-likeness (QED) is 0.725. The van der Waals surface area contributed by atoms with Crippen LogP contribution in [0.4, 0.5) is 10.5 Å². The number of hydrogen-bond acceptors (Lipinski definition) is 5. The molecule has 2 aromatic rings. The van der Waals surface area contributed by atoms with Gasteiger partial charge in [0.1, 0.15) is 0 Å². The summed E-state index contributed by atoms with van der Waals surface area (Å²) in [4.78, 5) is 43.6. The number of rotatable bonds is 5. The molecular formula is C22H25N3O4. The molecule has 0 atom stereocenters. The fraction of sp³-hybridized carbons (Fsp3) is 0.364. The second-order valence-electron chi connectivity index (χ2n) is 7.97. The summed E-state index contributed by atoms with van der Waals surface area (Å²) in [5.74, 6) is -0.0733. The highest BCUT2D eigenvalue weighted by Crippen LogP contribution is 2.31. The molecule has 152 valence electrons. The third-order valence-corrected chi connectivity index (χ3v) is 4.89. The SMILES string of the molecule is CN(C(=O)Oc1ccc(CCN2C(=O)CC(C)(C)CC2=O)cn1)c1ccccc1. The molecule has 1 fully saturated rings. The minimum Gasteiger partial charge on any atom is -0.391 e. The van der Waals surface area contributed by atoms with Gasteiger partial charge in [-0.3, -0.25) is 19.4 Å². The molecule has 0 spiro atoms. The van der Waals surface area contributed by atoms with E-state index in [1.165, 1.54) is 9.80 Å². The molecule has 7 heteroatoms. The van der Waals surface area contributed by atoms with Crippen molar-refractivity contribution in [3.05, 3.63) is 54.2 Å². The minimum absolute atomic E-state index is 0.131. The number of nitrogens with zero attached hydrogens (tertiary/aromatic N) is 3. The summed E-state index contributed by atoms with van der Waals surface area (Å²) in [5, 5.41) is 0. The zero-order chi connectivity index (χ0) is 21.0. The molecule has 0 aliphatic carbocycles. The summed E-state index contributed by atoms with van der Waals surface area (Å²) >= 11 is 0. The van der Waals surface area contributed by atoms with E-state index in [1.54, 1.807) is 25.4 Å². The van der Waals surface area contributed by atoms with Gasteiger partial charge >= 0.3 is 6.09 Å². The summed E-state index contributed by atoms with van der Waals surface area (Å²) < 4.78 is 5.29. The zero-order valence-electron chi connectivity index (χ0n) is 16.9. The second kappa shape index (κ2) is 8.43. The molecule has 0 unspecified atom stereocenters. The molecule has 1 aromatic carbocycles. The maximum Gasteiger partial charge on any atom is 0.420 e. The van der Waals surface area contributed by atoms with Crippen LogP contribution in [0.3, 0.4) is 0 Å². The zero-order valence-corrected chi connectivity index (χ0v) is 16.9. The number of carbonyl (C=O) groups excluding carboxylic acids is 3. The number of pyridine rings is 1. The Morgan fingerprint density at radius 1 is 1.10 bits per heavy atom. The summed E-state index contributed by atoms with van der Waals surface area (Å²) in [6, 6.07) is 12.5. The fourth-order valence-electron chi connectivity index (χ4n) is 3.24. The summed E-state index contributed by atoms with van der Waals surface area (Å²) in [7, 11) is 1.62. The summed E-state index contributed by atoms with van der Waals surface area (Å²) in [6.45, 7) is 4.18. The lowest BCUT2D eigenvalue weighted by Crippen LogP contribution is -2.46. The van der Waals surface area contributed by atoms with Crippen molar-refractivity contribution in [3.8, 4) is 5.88 Å². The number of anilines is 1. The molecule has 2 heterocycles. The Hall–Kier alpha value is -3.22. The average molecular weight is 395 g/mol. The standard InChI is InChI=1S/C22H25N3O4/c1-22(2)13-19(26)25(20(27)14-22)12-11-16-9-10-18(23-15-16)29-21(28)24(3)17-7-5-4-6-8-17/h4-10,15H,11-14H2,1-3H3. The van der Waals surface area contributed by atoms with Gasteiger partial charge in [-0.05, 0) is 29.5 Å². The number of ether oxygens (including phenoxy) is 1. The molecule has 7 nitrogen and oxygen atoms in total. The Bertz CT molecular complexity index is 874. The molecule has 29 heavy (non-hydrogen) atoms. The van der Waals surface area contributed by atoms with Gasteiger partial charge in [-0.1, -0.05) is 38.1 Å². The topological polar surface area (TPSA) is 79.8 Å². The van der Waals surface area contributed by atoms with Crippen LogP contribution in [0, 0.1) is 5.41 Å². The van der Waals surface area contributed by atoms with E-state index in [2.05, 4.69) is 4.98 Å². The molecule has 1 aliphatic rings. The third-order valence-electron chi connectivity index (χ3n) is 4.89. The molecule has 1 aliphatic heterocycles. The minimum atomic E-state index is -0.538. The molecular weight excluding hydrogens is 370 g/mol. The number of amides is 3. The summed E-state index contributed by atoms with van der Waals surface area (Å²) in [5.41, 5.74) is 1.30. The van der Waals surface area contributed by atoms with Gasteiger partial charge in [0.15, 0.2) is 0 Å². The number of hydrogen-bond donors (Lipinski definition) is 0. The lowest BCUT2D eigenvalue weighted by Gasteiger charge is -2.34. The average Bonchev–Trinajstić information content (AvgIpc) is 2.67. The lowest BCUT2D eigenvalue weighted by atomic mass is 9.81. The van der Waals surface area contributed by atoms with E-state index in [4.69, 9.17) is 4.74 Å². The first-order valence-corrected chi connectivity index (χ1v) is 9.54. The predicted octanol–water partition coefficient (Wildman–Crippen LogP) is 3.43. The second-order valence-corrected chi connectivity index (χ2v) is 7.97. The molecule has 0 bridgehead atoms. The van der Waals surface area contributed by atoms with Crippen molar-refractivity contribution >= 4 is 23.6 Å². The van der Waals surface area contributed by atoms with Crippen LogP contribution in [0.1, 0.15) is 32.3 Å². The van der Waals surface area contributed by atoms with Crippen molar-refractivity contribution in [2.75, 3.05) is 18.5 Å². The first-order chi connectivity index (χ1) is 13.7. The van der Waals surface area contributed by atoms with E-state index in [1.807, 2.05) is 44.2 Å². The number of aromatic nitrogens is 1. The van der Waals surface area contributed by atoms with E-state index in [9.17, 15) is 14.4 Å². The van der Waals surface area contributed by atoms with Gasteiger partial charge in [-0.15, -0.1) is 0 Å². The van der Waals surface area contributed by atoms with Crippen molar-refractivity contribution in [1.29, 1.82) is 0 Å². The van der Waals surface area contributed by atoms with E-state index < -0.39 is 6.09 Å². The van der Waals surface area contributed by atoms with Gasteiger partial charge in [0.2, 0.25) is 17.7 Å². The van der Waals surface area contributed by atoms with Gasteiger partial charge < -0.3 is 4.74 Å². The highest BCUT2D eigenvalue weighted by Gasteiger charge is 2.36. The van der Waals surface area contributed by atoms with Crippen LogP contribution < -0.4 is 9.64 Å². The lowest BCUT2D eigenvalue weighted by molar-refractivity contribution is -0.152. The number of piperidine rings is 1. The van der Waals surface area contributed by atoms with Crippen LogP contribution in [0.2, 0.25) is 0 Å². The maximum atomic E-state index is 12.2. The van der Waals surface area contributed by atoms with Crippen molar-refractivity contribution in [1.82, 2.24) is 9.88 Å². The fourth-order valence-corrected chi connectivity index (χ4v) is 3.24.